The maximum atomic E-state index is 2.54. The summed E-state index contributed by atoms with van der Waals surface area (Å²) in [7, 11) is 4.36. The molecule has 0 aliphatic carbocycles. The summed E-state index contributed by atoms with van der Waals surface area (Å²) in [5.41, 5.74) is 6.39. The molecule has 0 bridgehead atoms. The molecule has 0 N–H and O–H groups in total. The molecule has 3 nitrogen and oxygen atoms in total. The maximum absolute atomic E-state index is 2.54. The highest BCUT2D eigenvalue weighted by atomic mass is 32.2. The minimum Gasteiger partial charge on any atom is -0.338 e. The second-order valence-electron chi connectivity index (χ2n) is 9.98. The Hall–Kier alpha value is -3.15. The number of thioether (sulfide) groups is 2. The van der Waals surface area contributed by atoms with Crippen LogP contribution in [0.15, 0.2) is 98.7 Å². The third-order valence-corrected chi connectivity index (χ3v) is 9.78. The molecule has 0 radical (unpaired) electrons. The number of aromatic nitrogens is 1. The number of fused-ring (bicyclic) bond motifs is 3. The minimum absolute atomic E-state index is 1.03. The monoisotopic (exact) mass is 536 g/mol. The van der Waals surface area contributed by atoms with Gasteiger partial charge < -0.3 is 9.80 Å². The van der Waals surface area contributed by atoms with E-state index in [9.17, 15) is 0 Å². The molecule has 3 aromatic carbocycles. The van der Waals surface area contributed by atoms with E-state index in [4.69, 9.17) is 0 Å². The highest BCUT2D eigenvalue weighted by Crippen LogP contribution is 2.47. The van der Waals surface area contributed by atoms with Crippen LogP contribution >= 0.6 is 23.5 Å². The van der Waals surface area contributed by atoms with Gasteiger partial charge in [-0.2, -0.15) is 4.57 Å². The van der Waals surface area contributed by atoms with Gasteiger partial charge in [0.2, 0.25) is 11.2 Å². The van der Waals surface area contributed by atoms with E-state index in [1.54, 1.807) is 0 Å². The van der Waals surface area contributed by atoms with Crippen LogP contribution in [0.1, 0.15) is 43.9 Å². The Labute approximate surface area is 234 Å². The molecule has 6 rings (SSSR count). The molecule has 38 heavy (non-hydrogen) atoms. The van der Waals surface area contributed by atoms with Crippen LogP contribution in [0.5, 0.6) is 0 Å². The van der Waals surface area contributed by atoms with Gasteiger partial charge in [-0.1, -0.05) is 79.7 Å². The summed E-state index contributed by atoms with van der Waals surface area (Å²) in [6.45, 7) is 3.31. The second-order valence-corrected chi connectivity index (χ2v) is 12.1. The predicted molar refractivity (Wildman–Crippen MR) is 166 cm³/mol. The van der Waals surface area contributed by atoms with Gasteiger partial charge in [0, 0.05) is 48.5 Å². The fourth-order valence-electron chi connectivity index (χ4n) is 5.35. The van der Waals surface area contributed by atoms with Crippen molar-refractivity contribution in [1.82, 2.24) is 0 Å². The smallest absolute Gasteiger partial charge is 0.213 e. The third-order valence-electron chi connectivity index (χ3n) is 7.45. The van der Waals surface area contributed by atoms with Crippen LogP contribution in [0, 0.1) is 0 Å². The zero-order valence-electron chi connectivity index (χ0n) is 22.4. The Balaban J connectivity index is 1.47. The zero-order valence-corrected chi connectivity index (χ0v) is 24.0. The van der Waals surface area contributed by atoms with Gasteiger partial charge in [-0.05, 0) is 48.4 Å². The van der Waals surface area contributed by atoms with Crippen molar-refractivity contribution in [2.45, 2.75) is 48.9 Å². The summed E-state index contributed by atoms with van der Waals surface area (Å²) in [4.78, 5) is 7.28. The van der Waals surface area contributed by atoms with Crippen LogP contribution in [-0.4, -0.2) is 14.1 Å². The summed E-state index contributed by atoms with van der Waals surface area (Å²) in [5, 5.41) is 3.83. The van der Waals surface area contributed by atoms with E-state index in [-0.39, 0.29) is 0 Å². The van der Waals surface area contributed by atoms with Gasteiger partial charge in [0.05, 0.1) is 26.8 Å². The molecule has 0 saturated heterocycles. The average Bonchev–Trinajstić information content (AvgIpc) is 3.43. The van der Waals surface area contributed by atoms with Crippen molar-refractivity contribution in [3.05, 3.63) is 100 Å². The van der Waals surface area contributed by atoms with Crippen molar-refractivity contribution in [1.29, 1.82) is 0 Å². The molecule has 1 aromatic heterocycles. The molecule has 5 heteroatoms. The standard InChI is InChI=1S/C33H34N3S2/c1-4-5-6-13-20-36-25(23-33-35(3)29-17-10-12-19-31(29)38-33)21-24(26-14-7-8-15-27(26)36)22-32-34(2)28-16-9-11-18-30(28)37-32/h7-12,14-19,21-23H,4-6,13,20H2,1-3H3/q+1. The number of para-hydroxylation sites is 3. The van der Waals surface area contributed by atoms with Crippen molar-refractivity contribution in [2.75, 3.05) is 23.9 Å². The molecular formula is C33H34N3S2+. The first-order valence-electron chi connectivity index (χ1n) is 13.5. The molecule has 2 aliphatic heterocycles. The largest absolute Gasteiger partial charge is 0.338 e. The minimum atomic E-state index is 1.03. The number of hydrogen-bond donors (Lipinski definition) is 0. The number of unbranched alkanes of at least 4 members (excludes halogenated alkanes) is 3. The topological polar surface area (TPSA) is 10.4 Å². The molecule has 4 aromatic rings. The van der Waals surface area contributed by atoms with Crippen LogP contribution in [-0.2, 0) is 6.54 Å². The molecule has 3 heterocycles. The summed E-state index contributed by atoms with van der Waals surface area (Å²) < 4.78 is 2.54. The van der Waals surface area contributed by atoms with Crippen LogP contribution in [0.4, 0.5) is 11.4 Å². The number of anilines is 2. The van der Waals surface area contributed by atoms with Crippen LogP contribution in [0.3, 0.4) is 0 Å². The van der Waals surface area contributed by atoms with Gasteiger partial charge in [-0.3, -0.25) is 0 Å². The molecule has 0 amide bonds. The van der Waals surface area contributed by atoms with Gasteiger partial charge in [-0.25, -0.2) is 0 Å². The highest BCUT2D eigenvalue weighted by Gasteiger charge is 2.26. The van der Waals surface area contributed by atoms with E-state index in [0.29, 0.717) is 0 Å². The van der Waals surface area contributed by atoms with E-state index in [2.05, 4.69) is 126 Å². The summed E-state index contributed by atoms with van der Waals surface area (Å²) >= 11 is 3.72. The molecule has 0 unspecified atom stereocenters. The lowest BCUT2D eigenvalue weighted by molar-refractivity contribution is -0.673. The molecule has 0 spiro atoms. The maximum Gasteiger partial charge on any atom is 0.213 e. The third kappa shape index (κ3) is 4.74. The molecule has 192 valence electrons. The highest BCUT2D eigenvalue weighted by molar-refractivity contribution is 8.04. The Morgan fingerprint density at radius 1 is 0.711 bits per heavy atom. The van der Waals surface area contributed by atoms with Crippen molar-refractivity contribution in [3.63, 3.8) is 0 Å². The summed E-state index contributed by atoms with van der Waals surface area (Å²) in [6, 6.07) is 28.7. The number of pyridine rings is 1. The lowest BCUT2D eigenvalue weighted by Crippen LogP contribution is -2.38. The van der Waals surface area contributed by atoms with Gasteiger partial charge in [0.15, 0.2) is 0 Å². The number of rotatable bonds is 7. The zero-order chi connectivity index (χ0) is 26.1. The number of aryl methyl sites for hydroxylation is 1. The Morgan fingerprint density at radius 3 is 1.97 bits per heavy atom. The van der Waals surface area contributed by atoms with Crippen LogP contribution in [0.25, 0.3) is 23.1 Å². The lowest BCUT2D eigenvalue weighted by Gasteiger charge is -2.15. The van der Waals surface area contributed by atoms with Crippen molar-refractivity contribution in [2.24, 2.45) is 0 Å². The Bertz CT molecular complexity index is 1560. The molecule has 0 saturated carbocycles. The number of hydrogen-bond acceptors (Lipinski definition) is 4. The van der Waals surface area contributed by atoms with Crippen LogP contribution < -0.4 is 14.4 Å². The van der Waals surface area contributed by atoms with E-state index in [1.807, 2.05) is 23.5 Å². The number of benzene rings is 3. The molecule has 0 atom stereocenters. The quantitative estimate of drug-likeness (QED) is 0.172. The van der Waals surface area contributed by atoms with Crippen molar-refractivity contribution < 1.29 is 4.57 Å². The number of nitrogens with zero attached hydrogens (tertiary/aromatic N) is 3. The van der Waals surface area contributed by atoms with E-state index in [0.717, 1.165) is 6.54 Å². The SMILES string of the molecule is CCCCCC[n+]1c(/C=C2/Sc3ccccc3N2C)cc(C=C2Sc3ccccc3N2C)c2ccccc21. The average molecular weight is 537 g/mol. The van der Waals surface area contributed by atoms with E-state index < -0.39 is 0 Å². The Morgan fingerprint density at radius 2 is 1.32 bits per heavy atom. The van der Waals surface area contributed by atoms with Gasteiger partial charge in [0.1, 0.15) is 6.54 Å². The van der Waals surface area contributed by atoms with Gasteiger partial charge >= 0.3 is 0 Å². The first-order valence-corrected chi connectivity index (χ1v) is 15.2. The normalized spacial score (nSPS) is 16.6. The van der Waals surface area contributed by atoms with E-state index in [1.165, 1.54) is 79.1 Å². The van der Waals surface area contributed by atoms with Crippen LogP contribution in [0.2, 0.25) is 0 Å². The second kappa shape index (κ2) is 10.9. The first kappa shape index (κ1) is 25.1. The lowest BCUT2D eigenvalue weighted by atomic mass is 10.1. The van der Waals surface area contributed by atoms with Gasteiger partial charge in [0.25, 0.3) is 0 Å². The predicted octanol–water partition coefficient (Wildman–Crippen LogP) is 8.79. The van der Waals surface area contributed by atoms with Crippen molar-refractivity contribution >= 4 is 58.0 Å². The fourth-order valence-corrected chi connectivity index (χ4v) is 7.54. The molecular weight excluding hydrogens is 503 g/mol. The Kier molecular flexibility index (Phi) is 7.22. The molecule has 0 fully saturated rings. The first-order chi connectivity index (χ1) is 18.6. The summed E-state index contributed by atoms with van der Waals surface area (Å²) in [5.74, 6) is 0. The molecule has 2 aliphatic rings. The van der Waals surface area contributed by atoms with Gasteiger partial charge in [-0.15, -0.1) is 0 Å². The van der Waals surface area contributed by atoms with E-state index >= 15 is 0 Å². The summed E-state index contributed by atoms with van der Waals surface area (Å²) in [6.07, 6.45) is 9.75. The van der Waals surface area contributed by atoms with Crippen molar-refractivity contribution in [3.8, 4) is 0 Å². The fraction of sp³-hybridized carbons (Fsp3) is 0.242.